The summed E-state index contributed by atoms with van der Waals surface area (Å²) in [5.41, 5.74) is 2.34. The molecule has 3 atom stereocenters. The third kappa shape index (κ3) is 5.63. The molecule has 0 aliphatic carbocycles. The fraction of sp³-hybridized carbons (Fsp3) is 0.300. The van der Waals surface area contributed by atoms with E-state index >= 15 is 0 Å². The Morgan fingerprint density at radius 3 is 2.28 bits per heavy atom. The summed E-state index contributed by atoms with van der Waals surface area (Å²) < 4.78 is 0. The molecule has 0 saturated heterocycles. The molecule has 0 spiro atoms. The van der Waals surface area contributed by atoms with Crippen molar-refractivity contribution in [1.29, 1.82) is 5.26 Å². The summed E-state index contributed by atoms with van der Waals surface area (Å²) in [5.74, 6) is 0. The first-order chi connectivity index (χ1) is 12.0. The summed E-state index contributed by atoms with van der Waals surface area (Å²) in [7, 11) is 0. The van der Waals surface area contributed by atoms with E-state index in [1.807, 2.05) is 56.3 Å². The van der Waals surface area contributed by atoms with Crippen molar-refractivity contribution in [2.24, 2.45) is 0 Å². The second kappa shape index (κ2) is 8.86. The van der Waals surface area contributed by atoms with Crippen molar-refractivity contribution in [2.45, 2.75) is 38.5 Å². The molecule has 3 unspecified atom stereocenters. The van der Waals surface area contributed by atoms with Gasteiger partial charge in [0.1, 0.15) is 0 Å². The summed E-state index contributed by atoms with van der Waals surface area (Å²) in [6.45, 7) is 3.74. The van der Waals surface area contributed by atoms with Gasteiger partial charge in [-0.2, -0.15) is 5.26 Å². The summed E-state index contributed by atoms with van der Waals surface area (Å²) in [5, 5.41) is 24.7. The minimum Gasteiger partial charge on any atom is -0.388 e. The van der Waals surface area contributed by atoms with Crippen LogP contribution >= 0.6 is 0 Å². The lowest BCUT2D eigenvalue weighted by molar-refractivity contribution is 0.154. The lowest BCUT2D eigenvalue weighted by Crippen LogP contribution is -2.42. The van der Waals surface area contributed by atoms with Gasteiger partial charge >= 0.3 is 6.03 Å². The molecule has 5 nitrogen and oxygen atoms in total. The van der Waals surface area contributed by atoms with Gasteiger partial charge in [-0.1, -0.05) is 42.5 Å². The van der Waals surface area contributed by atoms with Gasteiger partial charge in [-0.25, -0.2) is 4.79 Å². The molecule has 0 aliphatic heterocycles. The number of hydrogen-bond donors (Lipinski definition) is 3. The van der Waals surface area contributed by atoms with Gasteiger partial charge in [0.2, 0.25) is 0 Å². The highest BCUT2D eigenvalue weighted by Gasteiger charge is 2.15. The van der Waals surface area contributed by atoms with Crippen LogP contribution in [0.2, 0.25) is 0 Å². The Kier molecular flexibility index (Phi) is 6.55. The Morgan fingerprint density at radius 1 is 1.04 bits per heavy atom. The molecule has 0 aromatic heterocycles. The smallest absolute Gasteiger partial charge is 0.315 e. The Balaban J connectivity index is 1.83. The van der Waals surface area contributed by atoms with Crippen LogP contribution in [0.25, 0.3) is 0 Å². The number of carbonyl (C=O) groups is 1. The van der Waals surface area contributed by atoms with E-state index in [1.165, 1.54) is 0 Å². The lowest BCUT2D eigenvalue weighted by atomic mass is 10.0. The van der Waals surface area contributed by atoms with Crippen molar-refractivity contribution >= 4 is 6.03 Å². The first-order valence-corrected chi connectivity index (χ1v) is 8.29. The minimum absolute atomic E-state index is 0.177. The van der Waals surface area contributed by atoms with Gasteiger partial charge < -0.3 is 15.7 Å². The van der Waals surface area contributed by atoms with Gasteiger partial charge in [0.15, 0.2) is 0 Å². The van der Waals surface area contributed by atoms with Gasteiger partial charge in [-0.3, -0.25) is 0 Å². The van der Waals surface area contributed by atoms with Gasteiger partial charge in [0.25, 0.3) is 0 Å². The van der Waals surface area contributed by atoms with Crippen molar-refractivity contribution in [1.82, 2.24) is 10.6 Å². The van der Waals surface area contributed by atoms with Gasteiger partial charge in [0.05, 0.1) is 23.8 Å². The number of aliphatic hydroxyl groups excluding tert-OH is 1. The normalized spacial score (nSPS) is 14.0. The maximum absolute atomic E-state index is 12.1. The van der Waals surface area contributed by atoms with Crippen molar-refractivity contribution in [3.05, 3.63) is 71.3 Å². The number of urea groups is 1. The van der Waals surface area contributed by atoms with Crippen LogP contribution in [-0.2, 0) is 0 Å². The van der Waals surface area contributed by atoms with Crippen LogP contribution in [0, 0.1) is 11.3 Å². The number of nitrogens with zero attached hydrogens (tertiary/aromatic N) is 1. The number of amides is 2. The molecule has 2 rings (SSSR count). The summed E-state index contributed by atoms with van der Waals surface area (Å²) in [4.78, 5) is 12.1. The van der Waals surface area contributed by atoms with E-state index in [0.29, 0.717) is 12.0 Å². The predicted octanol–water partition coefficient (Wildman–Crippen LogP) is 3.43. The molecule has 0 bridgehead atoms. The van der Waals surface area contributed by atoms with Crippen molar-refractivity contribution in [3.8, 4) is 6.07 Å². The zero-order valence-electron chi connectivity index (χ0n) is 14.4. The van der Waals surface area contributed by atoms with Gasteiger partial charge in [0, 0.05) is 6.04 Å². The summed E-state index contributed by atoms with van der Waals surface area (Å²) >= 11 is 0. The number of rotatable bonds is 6. The second-order valence-corrected chi connectivity index (χ2v) is 6.14. The molecular formula is C20H23N3O2. The van der Waals surface area contributed by atoms with Crippen molar-refractivity contribution in [3.63, 3.8) is 0 Å². The SMILES string of the molecule is CC(CC(O)c1ccccc1)NC(=O)NC(C)c1ccc(C#N)cc1. The molecular weight excluding hydrogens is 314 g/mol. The minimum atomic E-state index is -0.618. The molecule has 0 radical (unpaired) electrons. The first-order valence-electron chi connectivity index (χ1n) is 8.29. The number of carbonyl (C=O) groups excluding carboxylic acids is 1. The zero-order chi connectivity index (χ0) is 18.2. The van der Waals surface area contributed by atoms with Crippen LogP contribution in [0.4, 0.5) is 4.79 Å². The molecule has 0 aliphatic rings. The molecule has 25 heavy (non-hydrogen) atoms. The molecule has 5 heteroatoms. The maximum Gasteiger partial charge on any atom is 0.315 e. The van der Waals surface area contributed by atoms with E-state index in [2.05, 4.69) is 16.7 Å². The van der Waals surface area contributed by atoms with E-state index in [-0.39, 0.29) is 18.1 Å². The number of nitriles is 1. The molecule has 0 saturated carbocycles. The van der Waals surface area contributed by atoms with Crippen molar-refractivity contribution < 1.29 is 9.90 Å². The zero-order valence-corrected chi connectivity index (χ0v) is 14.4. The molecule has 130 valence electrons. The number of hydrogen-bond acceptors (Lipinski definition) is 3. The Morgan fingerprint density at radius 2 is 1.68 bits per heavy atom. The Labute approximate surface area is 148 Å². The highest BCUT2D eigenvalue weighted by atomic mass is 16.3. The largest absolute Gasteiger partial charge is 0.388 e. The summed E-state index contributed by atoms with van der Waals surface area (Å²) in [6, 6.07) is 17.9. The lowest BCUT2D eigenvalue weighted by Gasteiger charge is -2.20. The molecule has 2 aromatic rings. The Bertz CT molecular complexity index is 723. The van der Waals surface area contributed by atoms with Crippen molar-refractivity contribution in [2.75, 3.05) is 0 Å². The van der Waals surface area contributed by atoms with Crippen LogP contribution in [0.15, 0.2) is 54.6 Å². The monoisotopic (exact) mass is 337 g/mol. The van der Waals surface area contributed by atoms with E-state index < -0.39 is 6.10 Å². The average Bonchev–Trinajstić information content (AvgIpc) is 2.62. The first kappa shape index (κ1) is 18.5. The number of aliphatic hydroxyl groups is 1. The highest BCUT2D eigenvalue weighted by Crippen LogP contribution is 2.18. The molecule has 0 fully saturated rings. The fourth-order valence-corrected chi connectivity index (χ4v) is 2.60. The van der Waals surface area contributed by atoms with Crippen LogP contribution in [0.3, 0.4) is 0 Å². The number of nitrogens with one attached hydrogen (secondary N) is 2. The molecule has 2 aromatic carbocycles. The molecule has 2 amide bonds. The van der Waals surface area contributed by atoms with Gasteiger partial charge in [-0.15, -0.1) is 0 Å². The maximum atomic E-state index is 12.1. The fourth-order valence-electron chi connectivity index (χ4n) is 2.60. The van der Waals surface area contributed by atoms with Crippen LogP contribution in [-0.4, -0.2) is 17.2 Å². The number of benzene rings is 2. The topological polar surface area (TPSA) is 85.2 Å². The van der Waals surface area contributed by atoms with Crippen LogP contribution in [0.1, 0.15) is 49.1 Å². The standard InChI is InChI=1S/C20H23N3O2/c1-14(12-19(24)18-6-4-3-5-7-18)22-20(25)23-15(2)17-10-8-16(13-21)9-11-17/h3-11,14-15,19,24H,12H2,1-2H3,(H2,22,23,25). The third-order valence-corrected chi connectivity index (χ3v) is 4.03. The van der Waals surface area contributed by atoms with E-state index in [4.69, 9.17) is 5.26 Å². The molecule has 3 N–H and O–H groups in total. The second-order valence-electron chi connectivity index (χ2n) is 6.14. The predicted molar refractivity (Wildman–Crippen MR) is 96.7 cm³/mol. The van der Waals surface area contributed by atoms with Crippen LogP contribution < -0.4 is 10.6 Å². The van der Waals surface area contributed by atoms with Crippen LogP contribution in [0.5, 0.6) is 0 Å². The quantitative estimate of drug-likeness (QED) is 0.755. The average molecular weight is 337 g/mol. The third-order valence-electron chi connectivity index (χ3n) is 4.03. The highest BCUT2D eigenvalue weighted by molar-refractivity contribution is 5.74. The van der Waals surface area contributed by atoms with E-state index in [9.17, 15) is 9.90 Å². The Hall–Kier alpha value is -2.84. The molecule has 0 heterocycles. The van der Waals surface area contributed by atoms with E-state index in [0.717, 1.165) is 11.1 Å². The van der Waals surface area contributed by atoms with Gasteiger partial charge in [-0.05, 0) is 43.5 Å². The summed E-state index contributed by atoms with van der Waals surface area (Å²) in [6.07, 6.45) is -0.185. The van der Waals surface area contributed by atoms with E-state index in [1.54, 1.807) is 12.1 Å².